The number of hydrogen-bond acceptors (Lipinski definition) is 6. The summed E-state index contributed by atoms with van der Waals surface area (Å²) in [5.41, 5.74) is 9.93. The molecule has 1 amide bonds. The maximum absolute atomic E-state index is 12.7. The second-order valence-electron chi connectivity index (χ2n) is 7.64. The van der Waals surface area contributed by atoms with Crippen molar-refractivity contribution in [1.82, 2.24) is 9.88 Å². The van der Waals surface area contributed by atoms with E-state index in [1.54, 1.807) is 23.1 Å². The highest BCUT2D eigenvalue weighted by Gasteiger charge is 2.25. The number of piperidine rings is 1. The summed E-state index contributed by atoms with van der Waals surface area (Å²) in [6, 6.07) is 16.8. The zero-order valence-electron chi connectivity index (χ0n) is 17.4. The first kappa shape index (κ1) is 20.5. The van der Waals surface area contributed by atoms with Crippen LogP contribution in [0, 0.1) is 6.92 Å². The predicted molar refractivity (Wildman–Crippen MR) is 120 cm³/mol. The van der Waals surface area contributed by atoms with Gasteiger partial charge in [-0.05, 0) is 73.2 Å². The molecule has 0 unspecified atom stereocenters. The number of aromatic nitrogens is 1. The lowest BCUT2D eigenvalue weighted by Crippen LogP contribution is -2.39. The lowest BCUT2D eigenvalue weighted by Gasteiger charge is -2.31. The average Bonchev–Trinajstić information content (AvgIpc) is 2.80. The highest BCUT2D eigenvalue weighted by molar-refractivity contribution is 5.73. The number of carbonyl (C=O) groups excluding carboxylic acids is 1. The van der Waals surface area contributed by atoms with Crippen molar-refractivity contribution in [3.05, 3.63) is 78.1 Å². The number of nitrogens with two attached hydrogens (primary N) is 1. The SMILES string of the molecule is Cc1ccc(N=Nc2ccccc2OC(=O)N2CCC(c3ccncc3)CC2)c(N)c1. The number of amides is 1. The van der Waals surface area contributed by atoms with Gasteiger partial charge in [0.1, 0.15) is 11.4 Å². The van der Waals surface area contributed by atoms with Gasteiger partial charge in [0.25, 0.3) is 0 Å². The number of azo groups is 1. The molecule has 1 saturated heterocycles. The number of hydrogen-bond donors (Lipinski definition) is 1. The molecule has 7 nitrogen and oxygen atoms in total. The number of nitrogen functional groups attached to an aromatic ring is 1. The Labute approximate surface area is 181 Å². The molecule has 4 rings (SSSR count). The van der Waals surface area contributed by atoms with E-state index in [0.717, 1.165) is 18.4 Å². The molecule has 1 aliphatic heterocycles. The molecule has 0 radical (unpaired) electrons. The molecule has 7 heteroatoms. The van der Waals surface area contributed by atoms with Gasteiger partial charge in [-0.25, -0.2) is 4.79 Å². The number of likely N-dealkylation sites (tertiary alicyclic amines) is 1. The summed E-state index contributed by atoms with van der Waals surface area (Å²) in [4.78, 5) is 18.5. The van der Waals surface area contributed by atoms with Crippen molar-refractivity contribution in [2.24, 2.45) is 10.2 Å². The van der Waals surface area contributed by atoms with Crippen molar-refractivity contribution in [2.45, 2.75) is 25.7 Å². The molecular formula is C24H25N5O2. The van der Waals surface area contributed by atoms with Crippen molar-refractivity contribution in [3.63, 3.8) is 0 Å². The smallest absolute Gasteiger partial charge is 0.408 e. The Kier molecular flexibility index (Phi) is 6.21. The van der Waals surface area contributed by atoms with Crippen molar-refractivity contribution in [2.75, 3.05) is 18.8 Å². The standard InChI is InChI=1S/C24H25N5O2/c1-17-6-7-21(20(25)16-17)27-28-22-4-2-3-5-23(22)31-24(30)29-14-10-19(11-15-29)18-8-12-26-13-9-18/h2-9,12-13,16,19H,10-11,14-15,25H2,1H3. The first-order valence-corrected chi connectivity index (χ1v) is 10.3. The largest absolute Gasteiger partial charge is 0.415 e. The molecular weight excluding hydrogens is 390 g/mol. The Morgan fingerprint density at radius 3 is 2.48 bits per heavy atom. The third kappa shape index (κ3) is 5.06. The second-order valence-corrected chi connectivity index (χ2v) is 7.64. The number of ether oxygens (including phenoxy) is 1. The van der Waals surface area contributed by atoms with E-state index in [9.17, 15) is 4.79 Å². The minimum absolute atomic E-state index is 0.370. The van der Waals surface area contributed by atoms with Gasteiger partial charge < -0.3 is 15.4 Å². The zero-order chi connectivity index (χ0) is 21.6. The van der Waals surface area contributed by atoms with E-state index >= 15 is 0 Å². The van der Waals surface area contributed by atoms with Crippen LogP contribution in [0.3, 0.4) is 0 Å². The summed E-state index contributed by atoms with van der Waals surface area (Å²) >= 11 is 0. The van der Waals surface area contributed by atoms with Crippen molar-refractivity contribution in [3.8, 4) is 5.75 Å². The first-order valence-electron chi connectivity index (χ1n) is 10.3. The molecule has 1 aromatic heterocycles. The molecule has 0 bridgehead atoms. The summed E-state index contributed by atoms with van der Waals surface area (Å²) in [6.45, 7) is 3.26. The molecule has 0 spiro atoms. The Morgan fingerprint density at radius 2 is 1.74 bits per heavy atom. The molecule has 0 saturated carbocycles. The zero-order valence-corrected chi connectivity index (χ0v) is 17.4. The summed E-state index contributed by atoms with van der Waals surface area (Å²) in [6.07, 6.45) is 5.04. The van der Waals surface area contributed by atoms with E-state index in [1.807, 2.05) is 55.7 Å². The number of benzene rings is 2. The predicted octanol–water partition coefficient (Wildman–Crippen LogP) is 5.77. The molecule has 1 fully saturated rings. The van der Waals surface area contributed by atoms with Crippen LogP contribution in [0.2, 0.25) is 0 Å². The van der Waals surface area contributed by atoms with Crippen LogP contribution in [0.4, 0.5) is 21.9 Å². The fourth-order valence-electron chi connectivity index (χ4n) is 3.69. The molecule has 0 atom stereocenters. The van der Waals surface area contributed by atoms with Gasteiger partial charge in [0.15, 0.2) is 5.75 Å². The van der Waals surface area contributed by atoms with Crippen LogP contribution in [-0.4, -0.2) is 29.1 Å². The van der Waals surface area contributed by atoms with Gasteiger partial charge >= 0.3 is 6.09 Å². The Balaban J connectivity index is 1.41. The van der Waals surface area contributed by atoms with Crippen LogP contribution >= 0.6 is 0 Å². The fraction of sp³-hybridized carbons (Fsp3) is 0.250. The highest BCUT2D eigenvalue weighted by atomic mass is 16.6. The summed E-state index contributed by atoms with van der Waals surface area (Å²) in [7, 11) is 0. The number of para-hydroxylation sites is 1. The first-order chi connectivity index (χ1) is 15.1. The van der Waals surface area contributed by atoms with Crippen molar-refractivity contribution < 1.29 is 9.53 Å². The number of carbonyl (C=O) groups is 1. The van der Waals surface area contributed by atoms with Gasteiger partial charge in [-0.3, -0.25) is 4.98 Å². The number of pyridine rings is 1. The van der Waals surface area contributed by atoms with Crippen LogP contribution in [0.1, 0.15) is 29.9 Å². The monoisotopic (exact) mass is 415 g/mol. The number of aryl methyl sites for hydroxylation is 1. The maximum Gasteiger partial charge on any atom is 0.415 e. The minimum atomic E-state index is -0.370. The third-order valence-corrected chi connectivity index (χ3v) is 5.44. The number of rotatable bonds is 4. The van der Waals surface area contributed by atoms with Crippen LogP contribution in [0.5, 0.6) is 5.75 Å². The average molecular weight is 415 g/mol. The summed E-state index contributed by atoms with van der Waals surface area (Å²) in [5.74, 6) is 0.811. The topological polar surface area (TPSA) is 93.2 Å². The number of anilines is 1. The molecule has 158 valence electrons. The van der Waals surface area contributed by atoms with Crippen LogP contribution in [0.15, 0.2) is 77.2 Å². The normalized spacial score (nSPS) is 14.7. The Bertz CT molecular complexity index is 1080. The van der Waals surface area contributed by atoms with Crippen molar-refractivity contribution >= 4 is 23.2 Å². The summed E-state index contributed by atoms with van der Waals surface area (Å²) in [5, 5.41) is 8.49. The molecule has 31 heavy (non-hydrogen) atoms. The van der Waals surface area contributed by atoms with E-state index in [-0.39, 0.29) is 6.09 Å². The van der Waals surface area contributed by atoms with Crippen LogP contribution in [0.25, 0.3) is 0 Å². The molecule has 0 aliphatic carbocycles. The molecule has 2 heterocycles. The lowest BCUT2D eigenvalue weighted by molar-refractivity contribution is 0.139. The second kappa shape index (κ2) is 9.38. The third-order valence-electron chi connectivity index (χ3n) is 5.44. The number of nitrogens with zero attached hydrogens (tertiary/aromatic N) is 4. The van der Waals surface area contributed by atoms with Crippen LogP contribution < -0.4 is 10.5 Å². The highest BCUT2D eigenvalue weighted by Crippen LogP contribution is 2.32. The van der Waals surface area contributed by atoms with Gasteiger partial charge in [-0.2, -0.15) is 0 Å². The molecule has 1 aliphatic rings. The van der Waals surface area contributed by atoms with Gasteiger partial charge in [0.2, 0.25) is 0 Å². The van der Waals surface area contributed by atoms with E-state index in [1.165, 1.54) is 5.56 Å². The van der Waals surface area contributed by atoms with Crippen LogP contribution in [-0.2, 0) is 0 Å². The van der Waals surface area contributed by atoms with Gasteiger partial charge in [-0.1, -0.05) is 18.2 Å². The fourth-order valence-corrected chi connectivity index (χ4v) is 3.69. The maximum atomic E-state index is 12.7. The Hall–Kier alpha value is -3.74. The Morgan fingerprint density at radius 1 is 1.03 bits per heavy atom. The molecule has 2 N–H and O–H groups in total. The quantitative estimate of drug-likeness (QED) is 0.433. The van der Waals surface area contributed by atoms with E-state index in [4.69, 9.17) is 10.5 Å². The lowest BCUT2D eigenvalue weighted by atomic mass is 9.90. The molecule has 3 aromatic rings. The van der Waals surface area contributed by atoms with E-state index < -0.39 is 0 Å². The summed E-state index contributed by atoms with van der Waals surface area (Å²) < 4.78 is 5.66. The molecule has 2 aromatic carbocycles. The van der Waals surface area contributed by atoms with Crippen molar-refractivity contribution in [1.29, 1.82) is 0 Å². The van der Waals surface area contributed by atoms with Gasteiger partial charge in [0, 0.05) is 25.5 Å². The minimum Gasteiger partial charge on any atom is -0.408 e. The van der Waals surface area contributed by atoms with E-state index in [2.05, 4.69) is 15.2 Å². The van der Waals surface area contributed by atoms with Gasteiger partial charge in [-0.15, -0.1) is 10.2 Å². The van der Waals surface area contributed by atoms with E-state index in [0.29, 0.717) is 41.8 Å². The van der Waals surface area contributed by atoms with Gasteiger partial charge in [0.05, 0.1) is 5.69 Å².